The lowest BCUT2D eigenvalue weighted by Gasteiger charge is -2.35. The van der Waals surface area contributed by atoms with Crippen LogP contribution in [0.1, 0.15) is 31.2 Å². The minimum absolute atomic E-state index is 0.0804. The quantitative estimate of drug-likeness (QED) is 0.797. The molecule has 0 aromatic heterocycles. The van der Waals surface area contributed by atoms with E-state index in [0.29, 0.717) is 17.9 Å². The molecule has 5 heteroatoms. The molecule has 0 spiro atoms. The summed E-state index contributed by atoms with van der Waals surface area (Å²) in [6.07, 6.45) is 1.75. The molecule has 0 N–H and O–H groups in total. The molecule has 2 fully saturated rings. The van der Waals surface area contributed by atoms with E-state index in [-0.39, 0.29) is 24.3 Å². The number of ether oxygens (including phenoxy) is 3. The van der Waals surface area contributed by atoms with Crippen molar-refractivity contribution in [1.82, 2.24) is 0 Å². The molecule has 3 rings (SSSR count). The van der Waals surface area contributed by atoms with Crippen LogP contribution in [-0.4, -0.2) is 32.1 Å². The van der Waals surface area contributed by atoms with Gasteiger partial charge < -0.3 is 14.2 Å². The zero-order valence-corrected chi connectivity index (χ0v) is 12.2. The van der Waals surface area contributed by atoms with Crippen LogP contribution in [0.25, 0.3) is 0 Å². The molecule has 1 aromatic carbocycles. The Balaban J connectivity index is 2.11. The number of benzene rings is 1. The molecule has 1 heterocycles. The Morgan fingerprint density at radius 1 is 1.19 bits per heavy atom. The zero-order valence-electron chi connectivity index (χ0n) is 12.2. The van der Waals surface area contributed by atoms with Crippen molar-refractivity contribution in [3.05, 3.63) is 23.8 Å². The molecule has 2 aliphatic rings. The summed E-state index contributed by atoms with van der Waals surface area (Å²) in [5, 5.41) is 0. The Bertz CT molecular complexity index is 594. The van der Waals surface area contributed by atoms with E-state index >= 15 is 0 Å². The Morgan fingerprint density at radius 2 is 1.95 bits per heavy atom. The number of hydrogen-bond donors (Lipinski definition) is 0. The molecule has 1 saturated carbocycles. The lowest BCUT2D eigenvalue weighted by Crippen LogP contribution is -2.46. The van der Waals surface area contributed by atoms with E-state index in [1.54, 1.807) is 26.4 Å². The third-order valence-corrected chi connectivity index (χ3v) is 4.51. The van der Waals surface area contributed by atoms with Crippen molar-refractivity contribution in [1.29, 1.82) is 0 Å². The van der Waals surface area contributed by atoms with Crippen LogP contribution in [0.3, 0.4) is 0 Å². The van der Waals surface area contributed by atoms with Crippen molar-refractivity contribution in [3.8, 4) is 11.5 Å². The molecule has 112 valence electrons. The molecule has 1 saturated heterocycles. The highest BCUT2D eigenvalue weighted by atomic mass is 16.6. The van der Waals surface area contributed by atoms with Crippen LogP contribution in [-0.2, 0) is 19.7 Å². The zero-order chi connectivity index (χ0) is 15.0. The standard InChI is InChI=1S/C16H18O5/c1-19-11-7-6-10(8-12(11)20-2)16-9-15(18)21-14(16)5-3-4-13(16)17/h6-8,14H,3-5,9H2,1-2H3/t14-,16-/m0/s1. The van der Waals surface area contributed by atoms with Crippen LogP contribution in [0, 0.1) is 0 Å². The van der Waals surface area contributed by atoms with E-state index in [4.69, 9.17) is 14.2 Å². The van der Waals surface area contributed by atoms with Crippen LogP contribution in [0.15, 0.2) is 18.2 Å². The number of ketones is 1. The molecular formula is C16H18O5. The fraction of sp³-hybridized carbons (Fsp3) is 0.500. The van der Waals surface area contributed by atoms with Gasteiger partial charge in [-0.15, -0.1) is 0 Å². The normalized spacial score (nSPS) is 28.0. The van der Waals surface area contributed by atoms with Crippen LogP contribution in [0.4, 0.5) is 0 Å². The first kappa shape index (κ1) is 13.9. The van der Waals surface area contributed by atoms with E-state index in [2.05, 4.69) is 0 Å². The lowest BCUT2D eigenvalue weighted by molar-refractivity contribution is -0.142. The van der Waals surface area contributed by atoms with Gasteiger partial charge in [0, 0.05) is 6.42 Å². The first-order chi connectivity index (χ1) is 10.1. The summed E-state index contributed by atoms with van der Waals surface area (Å²) in [7, 11) is 3.11. The predicted octanol–water partition coefficient (Wildman–Crippen LogP) is 2.01. The molecule has 0 unspecified atom stereocenters. The number of carbonyl (C=O) groups is 2. The summed E-state index contributed by atoms with van der Waals surface area (Å²) < 4.78 is 15.9. The Hall–Kier alpha value is -2.04. The third kappa shape index (κ3) is 1.99. The van der Waals surface area contributed by atoms with Gasteiger partial charge in [0.15, 0.2) is 11.5 Å². The van der Waals surface area contributed by atoms with Gasteiger partial charge >= 0.3 is 5.97 Å². The van der Waals surface area contributed by atoms with Gasteiger partial charge in [0.05, 0.1) is 20.6 Å². The summed E-state index contributed by atoms with van der Waals surface area (Å²) in [6.45, 7) is 0. The molecule has 0 bridgehead atoms. The van der Waals surface area contributed by atoms with Crippen molar-refractivity contribution in [2.75, 3.05) is 14.2 Å². The second-order valence-electron chi connectivity index (χ2n) is 5.51. The minimum Gasteiger partial charge on any atom is -0.493 e. The van der Waals surface area contributed by atoms with Crippen LogP contribution >= 0.6 is 0 Å². The topological polar surface area (TPSA) is 61.8 Å². The number of Topliss-reactive ketones (excluding diaryl/α,β-unsaturated/α-hetero) is 1. The van der Waals surface area contributed by atoms with Gasteiger partial charge in [-0.3, -0.25) is 9.59 Å². The number of carbonyl (C=O) groups excluding carboxylic acids is 2. The largest absolute Gasteiger partial charge is 0.493 e. The molecule has 1 aromatic rings. The monoisotopic (exact) mass is 290 g/mol. The maximum atomic E-state index is 12.6. The second kappa shape index (κ2) is 5.06. The minimum atomic E-state index is -0.852. The molecule has 1 aliphatic carbocycles. The van der Waals surface area contributed by atoms with Gasteiger partial charge in [-0.05, 0) is 30.5 Å². The average Bonchev–Trinajstić information content (AvgIpc) is 2.85. The smallest absolute Gasteiger partial charge is 0.307 e. The van der Waals surface area contributed by atoms with Crippen molar-refractivity contribution < 1.29 is 23.8 Å². The molecular weight excluding hydrogens is 272 g/mol. The van der Waals surface area contributed by atoms with Crippen molar-refractivity contribution in [2.45, 2.75) is 37.2 Å². The lowest BCUT2D eigenvalue weighted by atomic mass is 9.66. The number of rotatable bonds is 3. The molecule has 21 heavy (non-hydrogen) atoms. The van der Waals surface area contributed by atoms with E-state index in [9.17, 15) is 9.59 Å². The van der Waals surface area contributed by atoms with Gasteiger partial charge in [0.2, 0.25) is 0 Å². The van der Waals surface area contributed by atoms with Crippen molar-refractivity contribution >= 4 is 11.8 Å². The molecule has 0 amide bonds. The second-order valence-corrected chi connectivity index (χ2v) is 5.51. The fourth-order valence-electron chi connectivity index (χ4n) is 3.46. The van der Waals surface area contributed by atoms with Crippen LogP contribution in [0.2, 0.25) is 0 Å². The number of esters is 1. The SMILES string of the molecule is COc1ccc([C@]23CC(=O)O[C@H]2CCCC3=O)cc1OC. The van der Waals surface area contributed by atoms with Crippen molar-refractivity contribution in [2.24, 2.45) is 0 Å². The van der Waals surface area contributed by atoms with Crippen molar-refractivity contribution in [3.63, 3.8) is 0 Å². The maximum Gasteiger partial charge on any atom is 0.307 e. The van der Waals surface area contributed by atoms with Gasteiger partial charge in [-0.2, -0.15) is 0 Å². The summed E-state index contributed by atoms with van der Waals surface area (Å²) in [5.74, 6) is 0.936. The van der Waals surface area contributed by atoms with E-state index < -0.39 is 5.41 Å². The van der Waals surface area contributed by atoms with Gasteiger partial charge in [-0.25, -0.2) is 0 Å². The summed E-state index contributed by atoms with van der Waals surface area (Å²) >= 11 is 0. The third-order valence-electron chi connectivity index (χ3n) is 4.51. The molecule has 1 aliphatic heterocycles. The van der Waals surface area contributed by atoms with Gasteiger partial charge in [0.1, 0.15) is 17.3 Å². The maximum absolute atomic E-state index is 12.6. The first-order valence-corrected chi connectivity index (χ1v) is 7.07. The Kier molecular flexibility index (Phi) is 3.35. The highest BCUT2D eigenvalue weighted by Gasteiger charge is 2.56. The average molecular weight is 290 g/mol. The van der Waals surface area contributed by atoms with E-state index in [0.717, 1.165) is 18.4 Å². The summed E-state index contributed by atoms with van der Waals surface area (Å²) in [5.41, 5.74) is -0.0739. The number of fused-ring (bicyclic) bond motifs is 1. The van der Waals surface area contributed by atoms with Gasteiger partial charge in [0.25, 0.3) is 0 Å². The van der Waals surface area contributed by atoms with Crippen LogP contribution in [0.5, 0.6) is 11.5 Å². The van der Waals surface area contributed by atoms with Gasteiger partial charge in [-0.1, -0.05) is 6.07 Å². The molecule has 5 nitrogen and oxygen atoms in total. The number of hydrogen-bond acceptors (Lipinski definition) is 5. The molecule has 0 radical (unpaired) electrons. The van der Waals surface area contributed by atoms with Crippen LogP contribution < -0.4 is 9.47 Å². The fourth-order valence-corrected chi connectivity index (χ4v) is 3.46. The van der Waals surface area contributed by atoms with E-state index in [1.165, 1.54) is 0 Å². The Labute approximate surface area is 123 Å². The van der Waals surface area contributed by atoms with E-state index in [1.807, 2.05) is 6.07 Å². The Morgan fingerprint density at radius 3 is 2.67 bits per heavy atom. The highest BCUT2D eigenvalue weighted by molar-refractivity contribution is 5.97. The summed E-state index contributed by atoms with van der Waals surface area (Å²) in [4.78, 5) is 24.4. The predicted molar refractivity (Wildman–Crippen MR) is 74.6 cm³/mol. The first-order valence-electron chi connectivity index (χ1n) is 7.07. The highest BCUT2D eigenvalue weighted by Crippen LogP contribution is 2.47. The molecule has 2 atom stereocenters. The summed E-state index contributed by atoms with van der Waals surface area (Å²) in [6, 6.07) is 5.39. The number of methoxy groups -OCH3 is 2.